The Morgan fingerprint density at radius 2 is 1.74 bits per heavy atom. The average molecular weight is 551 g/mol. The predicted octanol–water partition coefficient (Wildman–Crippen LogP) is 1.30. The quantitative estimate of drug-likeness (QED) is 0.239. The second kappa shape index (κ2) is 14.1. The van der Waals surface area contributed by atoms with Gasteiger partial charge in [0.2, 0.25) is 0 Å². The molecule has 0 aliphatic rings. The fourth-order valence-corrected chi connectivity index (χ4v) is 4.11. The molecule has 1 amide bonds. The average Bonchev–Trinajstić information content (AvgIpc) is 3.16. The Bertz CT molecular complexity index is 1360. The molecule has 10 nitrogen and oxygen atoms in total. The van der Waals surface area contributed by atoms with Crippen molar-refractivity contribution in [1.29, 1.82) is 0 Å². The molecule has 0 fully saturated rings. The first kappa shape index (κ1) is 31.0. The second-order valence-corrected chi connectivity index (χ2v) is 8.56. The van der Waals surface area contributed by atoms with E-state index < -0.39 is 23.8 Å². The van der Waals surface area contributed by atoms with E-state index in [0.717, 1.165) is 12.8 Å². The monoisotopic (exact) mass is 550 g/mol. The topological polar surface area (TPSA) is 148 Å². The van der Waals surface area contributed by atoms with Gasteiger partial charge in [0.05, 0.1) is 41.6 Å². The molecule has 12 heteroatoms. The van der Waals surface area contributed by atoms with Crippen molar-refractivity contribution in [1.82, 2.24) is 9.55 Å². The molecule has 0 atom stereocenters. The van der Waals surface area contributed by atoms with Crippen molar-refractivity contribution in [2.24, 2.45) is 0 Å². The number of halogens is 1. The van der Waals surface area contributed by atoms with Gasteiger partial charge >= 0.3 is 47.5 Å². The number of aliphatic carboxylic acids is 1. The van der Waals surface area contributed by atoms with E-state index in [9.17, 15) is 29.4 Å². The Kier molecular flexibility index (Phi) is 11.5. The number of carbonyl (C=O) groups is 4. The summed E-state index contributed by atoms with van der Waals surface area (Å²) in [4.78, 5) is 52.7. The molecule has 3 N–H and O–H groups in total. The van der Waals surface area contributed by atoms with Crippen LogP contribution < -0.4 is 34.9 Å². The zero-order valence-electron chi connectivity index (χ0n) is 21.3. The van der Waals surface area contributed by atoms with Crippen molar-refractivity contribution in [3.05, 3.63) is 81.4 Å². The Morgan fingerprint density at radius 1 is 1.05 bits per heavy atom. The zero-order valence-corrected chi connectivity index (χ0v) is 24.0. The third-order valence-corrected chi connectivity index (χ3v) is 5.96. The maximum absolute atomic E-state index is 12.9. The van der Waals surface area contributed by atoms with Gasteiger partial charge in [-0.15, -0.1) is 0 Å². The molecule has 0 saturated heterocycles. The maximum atomic E-state index is 12.9. The molecular formula is C26H26ClN3NaO7+. The Balaban J connectivity index is 0.00000507. The van der Waals surface area contributed by atoms with Crippen LogP contribution in [-0.4, -0.2) is 50.7 Å². The fourth-order valence-electron chi connectivity index (χ4n) is 3.85. The number of nitrogens with zero attached hydrogens (tertiary/aromatic N) is 2. The number of aryl methyl sites for hydroxylation is 1. The largest absolute Gasteiger partial charge is 1.00 e. The van der Waals surface area contributed by atoms with Gasteiger partial charge in [0.25, 0.3) is 5.91 Å². The number of rotatable bonds is 11. The molecule has 0 radical (unpaired) electrons. The van der Waals surface area contributed by atoms with Gasteiger partial charge in [-0.1, -0.05) is 43.1 Å². The number of carboxylic acid groups (broad SMARTS) is 2. The van der Waals surface area contributed by atoms with Gasteiger partial charge in [-0.25, -0.2) is 14.6 Å². The van der Waals surface area contributed by atoms with Gasteiger partial charge in [-0.05, 0) is 36.2 Å². The third-order valence-electron chi connectivity index (χ3n) is 5.66. The van der Waals surface area contributed by atoms with Crippen LogP contribution in [0.1, 0.15) is 67.9 Å². The summed E-state index contributed by atoms with van der Waals surface area (Å²) in [5.41, 5.74) is 0.884. The fraction of sp³-hybridized carbons (Fsp3) is 0.269. The molecule has 2 aromatic carbocycles. The van der Waals surface area contributed by atoms with Gasteiger partial charge in [-0.2, -0.15) is 0 Å². The third kappa shape index (κ3) is 7.44. The minimum absolute atomic E-state index is 0. The number of esters is 1. The van der Waals surface area contributed by atoms with E-state index in [1.807, 2.05) is 6.92 Å². The van der Waals surface area contributed by atoms with Crippen LogP contribution in [0.2, 0.25) is 5.15 Å². The zero-order chi connectivity index (χ0) is 27.1. The van der Waals surface area contributed by atoms with E-state index in [1.165, 1.54) is 43.5 Å². The number of hydrogen-bond acceptors (Lipinski definition) is 6. The van der Waals surface area contributed by atoms with Crippen molar-refractivity contribution in [2.75, 3.05) is 12.4 Å². The predicted molar refractivity (Wildman–Crippen MR) is 135 cm³/mol. The van der Waals surface area contributed by atoms with Gasteiger partial charge in [0.15, 0.2) is 5.15 Å². The number of hydrogen-bond donors (Lipinski definition) is 3. The van der Waals surface area contributed by atoms with Crippen LogP contribution in [0.3, 0.4) is 0 Å². The van der Waals surface area contributed by atoms with Crippen LogP contribution >= 0.6 is 11.6 Å². The molecular weight excluding hydrogens is 525 g/mol. The van der Waals surface area contributed by atoms with Crippen LogP contribution in [0.5, 0.6) is 0 Å². The number of ether oxygens (including phenoxy) is 1. The van der Waals surface area contributed by atoms with Crippen molar-refractivity contribution in [3.8, 4) is 0 Å². The standard InChI is InChI=1S/C26H26ClN3O7.Na/c1-3-4-9-21-29-23(27)20(13-22(31)32)30(21)14-15-10-11-19(18(12-15)26(36)37-2)28-24(33)16-7-5-6-8-17(16)25(34)35;/h5-8,10-12H,3-4,9,13-14H2,1-2H3,(H,28,33)(H,31,32)(H,34,35);/q;+1. The summed E-state index contributed by atoms with van der Waals surface area (Å²) in [6.07, 6.45) is 2.01. The molecule has 1 aromatic heterocycles. The van der Waals surface area contributed by atoms with Crippen LogP contribution in [0.25, 0.3) is 0 Å². The van der Waals surface area contributed by atoms with Gasteiger partial charge in [-0.3, -0.25) is 9.59 Å². The summed E-state index contributed by atoms with van der Waals surface area (Å²) in [5, 5.41) is 21.4. The molecule has 38 heavy (non-hydrogen) atoms. The van der Waals surface area contributed by atoms with Crippen LogP contribution in [0.15, 0.2) is 42.5 Å². The molecule has 0 aliphatic carbocycles. The first-order chi connectivity index (χ1) is 17.7. The van der Waals surface area contributed by atoms with Crippen molar-refractivity contribution >= 4 is 41.1 Å². The van der Waals surface area contributed by atoms with Crippen molar-refractivity contribution in [3.63, 3.8) is 0 Å². The summed E-state index contributed by atoms with van der Waals surface area (Å²) >= 11 is 6.26. The minimum Gasteiger partial charge on any atom is -0.481 e. The summed E-state index contributed by atoms with van der Waals surface area (Å²) in [7, 11) is 1.20. The number of methoxy groups -OCH3 is 1. The van der Waals surface area contributed by atoms with Crippen LogP contribution in [-0.2, 0) is 28.9 Å². The SMILES string of the molecule is CCCCc1nc(Cl)c(CC(=O)O)n1Cc1ccc(NC(=O)c2ccccc2C(=O)O)c(C(=O)OC)c1.[Na+]. The van der Waals surface area contributed by atoms with Gasteiger partial charge in [0, 0.05) is 13.0 Å². The number of anilines is 1. The number of carboxylic acids is 2. The van der Waals surface area contributed by atoms with E-state index in [1.54, 1.807) is 10.6 Å². The number of carbonyl (C=O) groups excluding carboxylic acids is 2. The number of unbranched alkanes of at least 4 members (excludes halogenated alkanes) is 1. The number of benzene rings is 2. The molecule has 0 saturated carbocycles. The summed E-state index contributed by atoms with van der Waals surface area (Å²) < 4.78 is 6.61. The van der Waals surface area contributed by atoms with Crippen molar-refractivity contribution in [2.45, 2.75) is 39.2 Å². The Hall–Kier alpha value is -3.18. The number of aromatic nitrogens is 2. The van der Waals surface area contributed by atoms with Crippen LogP contribution in [0.4, 0.5) is 5.69 Å². The molecule has 194 valence electrons. The van der Waals surface area contributed by atoms with E-state index in [0.29, 0.717) is 23.5 Å². The molecule has 3 rings (SSSR count). The Labute approximate surface area is 246 Å². The van der Waals surface area contributed by atoms with Crippen molar-refractivity contribution < 1.29 is 63.7 Å². The van der Waals surface area contributed by atoms with E-state index in [2.05, 4.69) is 10.3 Å². The van der Waals surface area contributed by atoms with Gasteiger partial charge in [0.1, 0.15) is 5.82 Å². The van der Waals surface area contributed by atoms with Crippen LogP contribution in [0, 0.1) is 0 Å². The molecule has 0 spiro atoms. The smallest absolute Gasteiger partial charge is 0.481 e. The second-order valence-electron chi connectivity index (χ2n) is 8.20. The minimum atomic E-state index is -1.26. The number of amides is 1. The maximum Gasteiger partial charge on any atom is 1.00 e. The number of imidazole rings is 1. The van der Waals surface area contributed by atoms with E-state index in [-0.39, 0.29) is 70.1 Å². The first-order valence-corrected chi connectivity index (χ1v) is 11.8. The number of nitrogens with one attached hydrogen (secondary N) is 1. The van der Waals surface area contributed by atoms with Gasteiger partial charge < -0.3 is 24.8 Å². The van der Waals surface area contributed by atoms with E-state index in [4.69, 9.17) is 16.3 Å². The first-order valence-electron chi connectivity index (χ1n) is 11.5. The Morgan fingerprint density at radius 3 is 2.34 bits per heavy atom. The molecule has 1 heterocycles. The summed E-state index contributed by atoms with van der Waals surface area (Å²) in [6, 6.07) is 10.4. The molecule has 0 unspecified atom stereocenters. The van der Waals surface area contributed by atoms with E-state index >= 15 is 0 Å². The molecule has 0 bridgehead atoms. The summed E-state index contributed by atoms with van der Waals surface area (Å²) in [5.74, 6) is -3.11. The normalized spacial score (nSPS) is 10.4. The molecule has 3 aromatic rings. The molecule has 0 aliphatic heterocycles. The number of aromatic carboxylic acids is 1. The summed E-state index contributed by atoms with van der Waals surface area (Å²) in [6.45, 7) is 2.21.